The Balaban J connectivity index is 2.03. The Kier molecular flexibility index (Phi) is 5.88. The van der Waals surface area contributed by atoms with Crippen LogP contribution in [0.5, 0.6) is 0 Å². The molecule has 0 saturated carbocycles. The van der Waals surface area contributed by atoms with Crippen molar-refractivity contribution in [1.29, 1.82) is 0 Å². The highest BCUT2D eigenvalue weighted by atomic mass is 16.7. The van der Waals surface area contributed by atoms with Crippen LogP contribution in [-0.2, 0) is 14.2 Å². The van der Waals surface area contributed by atoms with Gasteiger partial charge in [0, 0.05) is 6.42 Å². The van der Waals surface area contributed by atoms with Crippen molar-refractivity contribution in [2.45, 2.75) is 55.4 Å². The number of hydrogen-bond acceptors (Lipinski definition) is 9. The van der Waals surface area contributed by atoms with Crippen LogP contribution in [0.25, 0.3) is 0 Å². The highest BCUT2D eigenvalue weighted by molar-refractivity contribution is 4.89. The van der Waals surface area contributed by atoms with Gasteiger partial charge in [0.15, 0.2) is 6.29 Å². The molecule has 0 bridgehead atoms. The van der Waals surface area contributed by atoms with E-state index in [1.54, 1.807) is 0 Å². The molecule has 5 unspecified atom stereocenters. The average Bonchev–Trinajstić information content (AvgIpc) is 2.46. The summed E-state index contributed by atoms with van der Waals surface area (Å²) in [5.41, 5.74) is 0. The van der Waals surface area contributed by atoms with Crippen LogP contribution in [0.2, 0.25) is 0 Å². The van der Waals surface area contributed by atoms with Gasteiger partial charge in [-0.15, -0.1) is 0 Å². The predicted molar refractivity (Wildman–Crippen MR) is 66.1 cm³/mol. The molecule has 2 heterocycles. The van der Waals surface area contributed by atoms with Gasteiger partial charge < -0.3 is 44.8 Å². The molecule has 9 heteroatoms. The van der Waals surface area contributed by atoms with E-state index >= 15 is 0 Å². The SMILES string of the molecule is OCC1O[C@@H](O[C@@H]2C(CO)OCC(O)C2O)[C@@H](O)CC1O. The lowest BCUT2D eigenvalue weighted by Gasteiger charge is -2.42. The molecule has 2 fully saturated rings. The van der Waals surface area contributed by atoms with Crippen molar-refractivity contribution in [1.82, 2.24) is 0 Å². The van der Waals surface area contributed by atoms with E-state index < -0.39 is 62.2 Å². The van der Waals surface area contributed by atoms with Gasteiger partial charge in [0.2, 0.25) is 0 Å². The lowest BCUT2D eigenvalue weighted by Crippen LogP contribution is -2.59. The van der Waals surface area contributed by atoms with Crippen LogP contribution >= 0.6 is 0 Å². The van der Waals surface area contributed by atoms with E-state index in [4.69, 9.17) is 19.3 Å². The maximum absolute atomic E-state index is 9.93. The first-order valence-electron chi connectivity index (χ1n) is 6.84. The third-order valence-corrected chi connectivity index (χ3v) is 3.76. The van der Waals surface area contributed by atoms with E-state index in [1.165, 1.54) is 0 Å². The minimum Gasteiger partial charge on any atom is -0.394 e. The van der Waals surface area contributed by atoms with Crippen molar-refractivity contribution in [2.75, 3.05) is 19.8 Å². The van der Waals surface area contributed by atoms with Crippen molar-refractivity contribution in [2.24, 2.45) is 0 Å². The molecule has 8 atom stereocenters. The molecule has 6 N–H and O–H groups in total. The van der Waals surface area contributed by atoms with E-state index in [-0.39, 0.29) is 13.0 Å². The fraction of sp³-hybridized carbons (Fsp3) is 1.00. The van der Waals surface area contributed by atoms with Crippen LogP contribution in [0.4, 0.5) is 0 Å². The van der Waals surface area contributed by atoms with E-state index in [2.05, 4.69) is 0 Å². The minimum absolute atomic E-state index is 0.0636. The van der Waals surface area contributed by atoms with Gasteiger partial charge in [0.1, 0.15) is 36.6 Å². The Morgan fingerprint density at radius 1 is 0.905 bits per heavy atom. The largest absolute Gasteiger partial charge is 0.394 e. The number of aliphatic hydroxyl groups is 6. The van der Waals surface area contributed by atoms with Gasteiger partial charge in [-0.2, -0.15) is 0 Å². The second kappa shape index (κ2) is 7.27. The Morgan fingerprint density at radius 2 is 1.57 bits per heavy atom. The van der Waals surface area contributed by atoms with Crippen molar-refractivity contribution >= 4 is 0 Å². The van der Waals surface area contributed by atoms with Crippen LogP contribution in [-0.4, -0.2) is 99.5 Å². The van der Waals surface area contributed by atoms with Crippen molar-refractivity contribution in [3.05, 3.63) is 0 Å². The Labute approximate surface area is 121 Å². The molecule has 2 aliphatic heterocycles. The molecule has 21 heavy (non-hydrogen) atoms. The Hall–Kier alpha value is -0.360. The molecular weight excluding hydrogens is 288 g/mol. The summed E-state index contributed by atoms with van der Waals surface area (Å²) in [4.78, 5) is 0. The predicted octanol–water partition coefficient (Wildman–Crippen LogP) is -3.69. The minimum atomic E-state index is -1.31. The summed E-state index contributed by atoms with van der Waals surface area (Å²) in [6.45, 7) is -1.04. The molecule has 0 radical (unpaired) electrons. The van der Waals surface area contributed by atoms with Gasteiger partial charge in [-0.25, -0.2) is 0 Å². The van der Waals surface area contributed by atoms with Gasteiger partial charge in [-0.3, -0.25) is 0 Å². The zero-order valence-electron chi connectivity index (χ0n) is 11.4. The number of hydrogen-bond donors (Lipinski definition) is 6. The second-order valence-electron chi connectivity index (χ2n) is 5.31. The Bertz CT molecular complexity index is 326. The number of ether oxygens (including phenoxy) is 3. The summed E-state index contributed by atoms with van der Waals surface area (Å²) in [6, 6.07) is 0. The first-order valence-corrected chi connectivity index (χ1v) is 6.84. The van der Waals surface area contributed by atoms with Gasteiger partial charge in [-0.05, 0) is 0 Å². The van der Waals surface area contributed by atoms with E-state index in [9.17, 15) is 25.5 Å². The van der Waals surface area contributed by atoms with Crippen LogP contribution in [0.15, 0.2) is 0 Å². The van der Waals surface area contributed by atoms with Gasteiger partial charge >= 0.3 is 0 Å². The summed E-state index contributed by atoms with van der Waals surface area (Å²) in [5, 5.41) is 57.3. The van der Waals surface area contributed by atoms with E-state index in [0.29, 0.717) is 0 Å². The van der Waals surface area contributed by atoms with Crippen molar-refractivity contribution in [3.8, 4) is 0 Å². The van der Waals surface area contributed by atoms with Crippen LogP contribution in [0.3, 0.4) is 0 Å². The molecule has 0 aromatic rings. The smallest absolute Gasteiger partial charge is 0.184 e. The first-order chi connectivity index (χ1) is 9.97. The molecular formula is C12H22O9. The van der Waals surface area contributed by atoms with Crippen LogP contribution in [0.1, 0.15) is 6.42 Å². The van der Waals surface area contributed by atoms with E-state index in [0.717, 1.165) is 0 Å². The normalized spacial score (nSPS) is 48.3. The fourth-order valence-corrected chi connectivity index (χ4v) is 2.49. The first kappa shape index (κ1) is 17.0. The molecule has 0 amide bonds. The van der Waals surface area contributed by atoms with Crippen LogP contribution < -0.4 is 0 Å². The monoisotopic (exact) mass is 310 g/mol. The van der Waals surface area contributed by atoms with Gasteiger partial charge in [0.25, 0.3) is 0 Å². The quantitative estimate of drug-likeness (QED) is 0.308. The zero-order valence-corrected chi connectivity index (χ0v) is 11.4. The van der Waals surface area contributed by atoms with Crippen molar-refractivity contribution in [3.63, 3.8) is 0 Å². The molecule has 0 aliphatic carbocycles. The molecule has 0 spiro atoms. The standard InChI is InChI=1S/C12H22O9/c13-2-8-5(15)1-6(16)12(20-8)21-11-9(3-14)19-4-7(17)10(11)18/h5-18H,1-4H2/t5?,6-,7?,8?,9?,10?,11+,12-/m0/s1. The summed E-state index contributed by atoms with van der Waals surface area (Å²) >= 11 is 0. The molecule has 9 nitrogen and oxygen atoms in total. The third kappa shape index (κ3) is 3.70. The second-order valence-corrected chi connectivity index (χ2v) is 5.31. The van der Waals surface area contributed by atoms with E-state index in [1.807, 2.05) is 0 Å². The highest BCUT2D eigenvalue weighted by Gasteiger charge is 2.44. The molecule has 124 valence electrons. The molecule has 0 aromatic carbocycles. The maximum atomic E-state index is 9.93. The summed E-state index contributed by atoms with van der Waals surface area (Å²) in [7, 11) is 0. The average molecular weight is 310 g/mol. The number of rotatable bonds is 4. The fourth-order valence-electron chi connectivity index (χ4n) is 2.49. The molecule has 2 aliphatic rings. The van der Waals surface area contributed by atoms with Crippen LogP contribution in [0, 0.1) is 0 Å². The summed E-state index contributed by atoms with van der Waals surface area (Å²) < 4.78 is 15.8. The van der Waals surface area contributed by atoms with Gasteiger partial charge in [0.05, 0.1) is 25.9 Å². The lowest BCUT2D eigenvalue weighted by atomic mass is 9.99. The molecule has 2 rings (SSSR count). The highest BCUT2D eigenvalue weighted by Crippen LogP contribution is 2.26. The summed E-state index contributed by atoms with van der Waals surface area (Å²) in [5.74, 6) is 0. The third-order valence-electron chi connectivity index (χ3n) is 3.76. The van der Waals surface area contributed by atoms with Gasteiger partial charge in [-0.1, -0.05) is 0 Å². The number of aliphatic hydroxyl groups excluding tert-OH is 6. The molecule has 2 saturated heterocycles. The zero-order chi connectivity index (χ0) is 15.6. The summed E-state index contributed by atoms with van der Waals surface area (Å²) in [6.07, 6.45) is -8.88. The maximum Gasteiger partial charge on any atom is 0.184 e. The Morgan fingerprint density at radius 3 is 2.19 bits per heavy atom. The van der Waals surface area contributed by atoms with Crippen molar-refractivity contribution < 1.29 is 44.8 Å². The lowest BCUT2D eigenvalue weighted by molar-refractivity contribution is -0.318. The molecule has 0 aromatic heterocycles. The topological polar surface area (TPSA) is 149 Å².